The van der Waals surface area contributed by atoms with E-state index in [2.05, 4.69) is 21.7 Å². The molecule has 0 aromatic rings. The largest absolute Gasteiger partial charge is 0.468 e. The van der Waals surface area contributed by atoms with Gasteiger partial charge in [-0.2, -0.15) is 0 Å². The number of rotatable bonds is 4. The maximum absolute atomic E-state index is 11.3. The number of methoxy groups -OCH3 is 1. The van der Waals surface area contributed by atoms with Crippen LogP contribution in [0.4, 0.5) is 0 Å². The SMILES string of the molecule is C=CCN1CCNCCN(CC(=O)OC)CC1. The monoisotopic (exact) mass is 241 g/mol. The van der Waals surface area contributed by atoms with E-state index in [-0.39, 0.29) is 5.97 Å². The van der Waals surface area contributed by atoms with Crippen molar-refractivity contribution in [2.24, 2.45) is 0 Å². The predicted octanol–water partition coefficient (Wildman–Crippen LogP) is -0.447. The first kappa shape index (κ1) is 14.2. The summed E-state index contributed by atoms with van der Waals surface area (Å²) in [4.78, 5) is 15.7. The zero-order chi connectivity index (χ0) is 12.5. The fraction of sp³-hybridized carbons (Fsp3) is 0.750. The van der Waals surface area contributed by atoms with Gasteiger partial charge >= 0.3 is 5.97 Å². The van der Waals surface area contributed by atoms with Gasteiger partial charge in [0.2, 0.25) is 0 Å². The fourth-order valence-corrected chi connectivity index (χ4v) is 1.88. The molecule has 98 valence electrons. The minimum atomic E-state index is -0.167. The highest BCUT2D eigenvalue weighted by molar-refractivity contribution is 5.71. The minimum Gasteiger partial charge on any atom is -0.468 e. The van der Waals surface area contributed by atoms with Gasteiger partial charge in [0.25, 0.3) is 0 Å². The van der Waals surface area contributed by atoms with E-state index < -0.39 is 0 Å². The molecule has 0 aromatic carbocycles. The highest BCUT2D eigenvalue weighted by Gasteiger charge is 2.14. The zero-order valence-electron chi connectivity index (χ0n) is 10.7. The van der Waals surface area contributed by atoms with Gasteiger partial charge in [-0.05, 0) is 0 Å². The Hall–Kier alpha value is -0.910. The van der Waals surface area contributed by atoms with E-state index in [9.17, 15) is 4.79 Å². The molecule has 1 fully saturated rings. The van der Waals surface area contributed by atoms with Crippen molar-refractivity contribution >= 4 is 5.97 Å². The van der Waals surface area contributed by atoms with Crippen molar-refractivity contribution in [3.63, 3.8) is 0 Å². The summed E-state index contributed by atoms with van der Waals surface area (Å²) in [5.74, 6) is -0.167. The van der Waals surface area contributed by atoms with Gasteiger partial charge in [-0.25, -0.2) is 0 Å². The molecule has 17 heavy (non-hydrogen) atoms. The minimum absolute atomic E-state index is 0.167. The molecule has 1 N–H and O–H groups in total. The van der Waals surface area contributed by atoms with Crippen molar-refractivity contribution in [3.8, 4) is 0 Å². The molecule has 1 aliphatic heterocycles. The smallest absolute Gasteiger partial charge is 0.319 e. The van der Waals surface area contributed by atoms with Crippen molar-refractivity contribution in [2.45, 2.75) is 0 Å². The molecule has 0 aliphatic carbocycles. The van der Waals surface area contributed by atoms with E-state index in [1.54, 1.807) is 0 Å². The fourth-order valence-electron chi connectivity index (χ4n) is 1.88. The van der Waals surface area contributed by atoms with Crippen LogP contribution < -0.4 is 5.32 Å². The Morgan fingerprint density at radius 1 is 1.29 bits per heavy atom. The van der Waals surface area contributed by atoms with E-state index in [4.69, 9.17) is 4.74 Å². The Bertz CT molecular complexity index is 246. The molecular formula is C12H23N3O2. The molecule has 0 amide bonds. The van der Waals surface area contributed by atoms with E-state index in [1.807, 2.05) is 6.08 Å². The first-order chi connectivity index (χ1) is 8.26. The zero-order valence-corrected chi connectivity index (χ0v) is 10.7. The summed E-state index contributed by atoms with van der Waals surface area (Å²) in [5.41, 5.74) is 0. The first-order valence-corrected chi connectivity index (χ1v) is 6.09. The van der Waals surface area contributed by atoms with Crippen LogP contribution in [-0.4, -0.2) is 75.2 Å². The molecule has 0 spiro atoms. The highest BCUT2D eigenvalue weighted by atomic mass is 16.5. The van der Waals surface area contributed by atoms with Crippen LogP contribution in [0.1, 0.15) is 0 Å². The van der Waals surface area contributed by atoms with Crippen molar-refractivity contribution in [2.75, 3.05) is 59.5 Å². The van der Waals surface area contributed by atoms with Gasteiger partial charge in [0.15, 0.2) is 0 Å². The average Bonchev–Trinajstić information content (AvgIpc) is 2.43. The van der Waals surface area contributed by atoms with Crippen molar-refractivity contribution in [1.29, 1.82) is 0 Å². The molecule has 0 saturated carbocycles. The van der Waals surface area contributed by atoms with Crippen LogP contribution in [0, 0.1) is 0 Å². The Labute approximate surface area is 103 Å². The number of hydrogen-bond donors (Lipinski definition) is 1. The molecule has 5 nitrogen and oxygen atoms in total. The van der Waals surface area contributed by atoms with Crippen molar-refractivity contribution in [1.82, 2.24) is 15.1 Å². The summed E-state index contributed by atoms with van der Waals surface area (Å²) in [6.45, 7) is 10.7. The van der Waals surface area contributed by atoms with Gasteiger partial charge in [0.05, 0.1) is 13.7 Å². The van der Waals surface area contributed by atoms with Gasteiger partial charge < -0.3 is 10.1 Å². The van der Waals surface area contributed by atoms with E-state index in [0.717, 1.165) is 45.8 Å². The number of nitrogens with one attached hydrogen (secondary N) is 1. The normalized spacial score (nSPS) is 20.1. The topological polar surface area (TPSA) is 44.8 Å². The number of carbonyl (C=O) groups is 1. The van der Waals surface area contributed by atoms with Gasteiger partial charge in [0.1, 0.15) is 0 Å². The molecule has 1 rings (SSSR count). The molecule has 1 aliphatic rings. The van der Waals surface area contributed by atoms with Crippen LogP contribution in [-0.2, 0) is 9.53 Å². The molecule has 0 unspecified atom stereocenters. The molecule has 0 bridgehead atoms. The lowest BCUT2D eigenvalue weighted by Crippen LogP contribution is -2.39. The number of ether oxygens (including phenoxy) is 1. The highest BCUT2D eigenvalue weighted by Crippen LogP contribution is 1.96. The summed E-state index contributed by atoms with van der Waals surface area (Å²) in [6, 6.07) is 0. The maximum atomic E-state index is 11.3. The summed E-state index contributed by atoms with van der Waals surface area (Å²) in [5, 5.41) is 3.37. The van der Waals surface area contributed by atoms with Gasteiger partial charge in [-0.1, -0.05) is 6.08 Å². The standard InChI is InChI=1S/C12H23N3O2/c1-3-6-14-7-4-13-5-8-15(10-9-14)11-12(16)17-2/h3,13H,1,4-11H2,2H3. The molecular weight excluding hydrogens is 218 g/mol. The third kappa shape index (κ3) is 5.81. The van der Waals surface area contributed by atoms with Gasteiger partial charge in [0, 0.05) is 45.8 Å². The lowest BCUT2D eigenvalue weighted by Gasteiger charge is -2.23. The number of hydrogen-bond acceptors (Lipinski definition) is 5. The summed E-state index contributed by atoms with van der Waals surface area (Å²) >= 11 is 0. The van der Waals surface area contributed by atoms with Crippen LogP contribution in [0.3, 0.4) is 0 Å². The van der Waals surface area contributed by atoms with Crippen molar-refractivity contribution in [3.05, 3.63) is 12.7 Å². The molecule has 5 heteroatoms. The Balaban J connectivity index is 2.43. The quantitative estimate of drug-likeness (QED) is 0.534. The Kier molecular flexibility index (Phi) is 6.84. The summed E-state index contributed by atoms with van der Waals surface area (Å²) in [7, 11) is 1.43. The maximum Gasteiger partial charge on any atom is 0.319 e. The predicted molar refractivity (Wildman–Crippen MR) is 68.0 cm³/mol. The van der Waals surface area contributed by atoms with Crippen LogP contribution in [0.5, 0.6) is 0 Å². The van der Waals surface area contributed by atoms with Crippen LogP contribution in [0.15, 0.2) is 12.7 Å². The second-order valence-electron chi connectivity index (χ2n) is 4.19. The lowest BCUT2D eigenvalue weighted by atomic mass is 10.4. The molecule has 1 heterocycles. The van der Waals surface area contributed by atoms with Gasteiger partial charge in [-0.15, -0.1) is 6.58 Å². The molecule has 0 radical (unpaired) electrons. The number of carbonyl (C=O) groups excluding carboxylic acids is 1. The Morgan fingerprint density at radius 2 is 1.94 bits per heavy atom. The van der Waals surface area contributed by atoms with Crippen LogP contribution in [0.25, 0.3) is 0 Å². The van der Waals surface area contributed by atoms with E-state index in [0.29, 0.717) is 6.54 Å². The summed E-state index contributed by atoms with van der Waals surface area (Å²) < 4.78 is 4.70. The van der Waals surface area contributed by atoms with Gasteiger partial charge in [-0.3, -0.25) is 14.6 Å². The average molecular weight is 241 g/mol. The van der Waals surface area contributed by atoms with Crippen LogP contribution in [0.2, 0.25) is 0 Å². The molecule has 0 aromatic heterocycles. The van der Waals surface area contributed by atoms with Crippen LogP contribution >= 0.6 is 0 Å². The number of nitrogens with zero attached hydrogens (tertiary/aromatic N) is 2. The molecule has 0 atom stereocenters. The summed E-state index contributed by atoms with van der Waals surface area (Å²) in [6.07, 6.45) is 1.92. The second-order valence-corrected chi connectivity index (χ2v) is 4.19. The first-order valence-electron chi connectivity index (χ1n) is 6.09. The Morgan fingerprint density at radius 3 is 2.59 bits per heavy atom. The molecule has 1 saturated heterocycles. The third-order valence-electron chi connectivity index (χ3n) is 2.91. The van der Waals surface area contributed by atoms with Crippen molar-refractivity contribution < 1.29 is 9.53 Å². The van der Waals surface area contributed by atoms with E-state index in [1.165, 1.54) is 7.11 Å². The third-order valence-corrected chi connectivity index (χ3v) is 2.91. The lowest BCUT2D eigenvalue weighted by molar-refractivity contribution is -0.141. The number of esters is 1. The van der Waals surface area contributed by atoms with E-state index >= 15 is 0 Å². The second kappa shape index (κ2) is 8.22.